The van der Waals surface area contributed by atoms with E-state index in [1.165, 1.54) is 44.6 Å². The molecule has 13 heteroatoms. The number of aromatic nitrogens is 2. The summed E-state index contributed by atoms with van der Waals surface area (Å²) in [6.45, 7) is -0.233. The molecular formula is C20H19FN6O5S. The van der Waals surface area contributed by atoms with Gasteiger partial charge in [-0.25, -0.2) is 22.9 Å². The number of nitrogens with two attached hydrogens (primary N) is 1. The molecule has 0 aliphatic rings. The summed E-state index contributed by atoms with van der Waals surface area (Å²) >= 11 is 0. The SMILES string of the molecule is COc1cc(Nc2nc(Nc3ccc(S(N)(=O)=O)cc3)ncc2F)cc(OCC#N)c1OC. The van der Waals surface area contributed by atoms with Crippen molar-refractivity contribution in [3.63, 3.8) is 0 Å². The molecule has 0 fully saturated rings. The molecule has 0 saturated heterocycles. The van der Waals surface area contributed by atoms with Crippen LogP contribution in [-0.4, -0.2) is 39.2 Å². The summed E-state index contributed by atoms with van der Waals surface area (Å²) < 4.78 is 53.0. The Morgan fingerprint density at radius 3 is 2.39 bits per heavy atom. The Morgan fingerprint density at radius 1 is 1.09 bits per heavy atom. The Hall–Kier alpha value is -4.15. The van der Waals surface area contributed by atoms with Crippen LogP contribution in [-0.2, 0) is 10.0 Å². The van der Waals surface area contributed by atoms with Gasteiger partial charge in [-0.2, -0.15) is 10.2 Å². The van der Waals surface area contributed by atoms with E-state index in [2.05, 4.69) is 20.6 Å². The maximum absolute atomic E-state index is 14.4. The average Bonchev–Trinajstić information content (AvgIpc) is 2.79. The van der Waals surface area contributed by atoms with Crippen LogP contribution in [0.1, 0.15) is 0 Å². The Balaban J connectivity index is 1.87. The zero-order valence-electron chi connectivity index (χ0n) is 17.5. The first-order valence-electron chi connectivity index (χ1n) is 9.20. The van der Waals surface area contributed by atoms with Gasteiger partial charge in [0.1, 0.15) is 6.07 Å². The molecule has 3 rings (SSSR count). The summed E-state index contributed by atoms with van der Waals surface area (Å²) in [5.41, 5.74) is 0.805. The molecule has 0 saturated carbocycles. The second-order valence-corrected chi connectivity index (χ2v) is 7.93. The number of hydrogen-bond acceptors (Lipinski definition) is 10. The number of ether oxygens (including phenoxy) is 3. The summed E-state index contributed by atoms with van der Waals surface area (Å²) in [5, 5.41) is 19.5. The summed E-state index contributed by atoms with van der Waals surface area (Å²) in [7, 11) is -0.986. The van der Waals surface area contributed by atoms with Crippen LogP contribution >= 0.6 is 0 Å². The third-order valence-electron chi connectivity index (χ3n) is 4.18. The van der Waals surface area contributed by atoms with Gasteiger partial charge in [-0.15, -0.1) is 0 Å². The molecule has 172 valence electrons. The lowest BCUT2D eigenvalue weighted by molar-refractivity contribution is 0.310. The van der Waals surface area contributed by atoms with Crippen molar-refractivity contribution in [3.05, 3.63) is 48.4 Å². The molecule has 4 N–H and O–H groups in total. The lowest BCUT2D eigenvalue weighted by Gasteiger charge is -2.16. The van der Waals surface area contributed by atoms with Crippen LogP contribution in [0.3, 0.4) is 0 Å². The van der Waals surface area contributed by atoms with Gasteiger partial charge in [-0.05, 0) is 24.3 Å². The van der Waals surface area contributed by atoms with E-state index >= 15 is 0 Å². The third kappa shape index (κ3) is 5.76. The Morgan fingerprint density at radius 2 is 1.79 bits per heavy atom. The maximum atomic E-state index is 14.4. The summed E-state index contributed by atoms with van der Waals surface area (Å²) in [6.07, 6.45) is 0.963. The van der Waals surface area contributed by atoms with Crippen molar-refractivity contribution in [3.8, 4) is 23.3 Å². The van der Waals surface area contributed by atoms with Crippen molar-refractivity contribution in [1.82, 2.24) is 9.97 Å². The number of halogens is 1. The Labute approximate surface area is 189 Å². The van der Waals surface area contributed by atoms with E-state index in [-0.39, 0.29) is 40.5 Å². The molecular weight excluding hydrogens is 455 g/mol. The van der Waals surface area contributed by atoms with Gasteiger partial charge in [0.25, 0.3) is 0 Å². The van der Waals surface area contributed by atoms with E-state index in [0.29, 0.717) is 11.4 Å². The van der Waals surface area contributed by atoms with E-state index in [0.717, 1.165) is 6.20 Å². The number of sulfonamides is 1. The van der Waals surface area contributed by atoms with E-state index in [1.807, 2.05) is 6.07 Å². The summed E-state index contributed by atoms with van der Waals surface area (Å²) in [4.78, 5) is 7.93. The standard InChI is InChI=1S/C20H19FN6O5S/c1-30-16-9-13(10-17(18(16)31-2)32-8-7-22)25-19-15(21)11-24-20(27-19)26-12-3-5-14(6-4-12)33(23,28)29/h3-6,9-11H,8H2,1-2H3,(H2,23,28,29)(H2,24,25,26,27). The van der Waals surface area contributed by atoms with Crippen LogP contribution in [0.15, 0.2) is 47.5 Å². The zero-order valence-corrected chi connectivity index (χ0v) is 18.3. The fourth-order valence-corrected chi connectivity index (χ4v) is 3.24. The van der Waals surface area contributed by atoms with E-state index in [4.69, 9.17) is 24.6 Å². The molecule has 1 aromatic heterocycles. The van der Waals surface area contributed by atoms with E-state index in [1.54, 1.807) is 6.07 Å². The maximum Gasteiger partial charge on any atom is 0.238 e. The highest BCUT2D eigenvalue weighted by molar-refractivity contribution is 7.89. The summed E-state index contributed by atoms with van der Waals surface area (Å²) in [5.74, 6) is -0.0798. The molecule has 0 spiro atoms. The first kappa shape index (κ1) is 23.5. The van der Waals surface area contributed by atoms with Crippen molar-refractivity contribution in [1.29, 1.82) is 5.26 Å². The number of anilines is 4. The molecule has 11 nitrogen and oxygen atoms in total. The van der Waals surface area contributed by atoms with Gasteiger partial charge in [0.2, 0.25) is 21.7 Å². The molecule has 1 heterocycles. The fourth-order valence-electron chi connectivity index (χ4n) is 2.73. The molecule has 0 atom stereocenters. The topological polar surface area (TPSA) is 161 Å². The number of rotatable bonds is 9. The molecule has 0 bridgehead atoms. The number of hydrogen-bond donors (Lipinski definition) is 3. The quantitative estimate of drug-likeness (QED) is 0.420. The molecule has 0 aliphatic heterocycles. The minimum atomic E-state index is -3.83. The van der Waals surface area contributed by atoms with Gasteiger partial charge in [0.05, 0.1) is 25.3 Å². The van der Waals surface area contributed by atoms with Crippen LogP contribution in [0.25, 0.3) is 0 Å². The third-order valence-corrected chi connectivity index (χ3v) is 5.11. The zero-order chi connectivity index (χ0) is 24.0. The number of methoxy groups -OCH3 is 2. The van der Waals surface area contributed by atoms with Crippen LogP contribution < -0.4 is 30.0 Å². The largest absolute Gasteiger partial charge is 0.493 e. The van der Waals surface area contributed by atoms with Crippen molar-refractivity contribution in [2.45, 2.75) is 4.90 Å². The van der Waals surface area contributed by atoms with Crippen molar-refractivity contribution in [2.24, 2.45) is 5.14 Å². The first-order valence-corrected chi connectivity index (χ1v) is 10.7. The second-order valence-electron chi connectivity index (χ2n) is 6.37. The van der Waals surface area contributed by atoms with E-state index < -0.39 is 15.8 Å². The van der Waals surface area contributed by atoms with Crippen LogP contribution in [0, 0.1) is 17.1 Å². The average molecular weight is 474 g/mol. The molecule has 3 aromatic rings. The van der Waals surface area contributed by atoms with Crippen LogP contribution in [0.5, 0.6) is 17.2 Å². The molecule has 0 radical (unpaired) electrons. The normalized spacial score (nSPS) is 10.8. The second kappa shape index (κ2) is 9.98. The molecule has 0 unspecified atom stereocenters. The smallest absolute Gasteiger partial charge is 0.238 e. The predicted octanol–water partition coefficient (Wildman–Crippen LogP) is 2.67. The molecule has 0 aliphatic carbocycles. The number of primary sulfonamides is 1. The first-order chi connectivity index (χ1) is 15.7. The lowest BCUT2D eigenvalue weighted by atomic mass is 10.2. The Kier molecular flexibility index (Phi) is 7.11. The van der Waals surface area contributed by atoms with Crippen LogP contribution in [0.2, 0.25) is 0 Å². The number of benzene rings is 2. The molecule has 0 amide bonds. The monoisotopic (exact) mass is 474 g/mol. The minimum absolute atomic E-state index is 0.0451. The number of nitriles is 1. The van der Waals surface area contributed by atoms with Crippen molar-refractivity contribution >= 4 is 33.2 Å². The fraction of sp³-hybridized carbons (Fsp3) is 0.150. The predicted molar refractivity (Wildman–Crippen MR) is 117 cm³/mol. The van der Waals surface area contributed by atoms with Gasteiger partial charge >= 0.3 is 0 Å². The summed E-state index contributed by atoms with van der Waals surface area (Å²) in [6, 6.07) is 10.5. The van der Waals surface area contributed by atoms with Crippen molar-refractivity contribution in [2.75, 3.05) is 31.5 Å². The number of nitrogens with zero attached hydrogens (tertiary/aromatic N) is 3. The van der Waals surface area contributed by atoms with Crippen LogP contribution in [0.4, 0.5) is 27.5 Å². The lowest BCUT2D eigenvalue weighted by Crippen LogP contribution is -2.11. The highest BCUT2D eigenvalue weighted by Gasteiger charge is 2.16. The Bertz CT molecular complexity index is 1300. The van der Waals surface area contributed by atoms with Crippen molar-refractivity contribution < 1.29 is 27.0 Å². The van der Waals surface area contributed by atoms with Gasteiger partial charge in [0.15, 0.2) is 29.7 Å². The highest BCUT2D eigenvalue weighted by atomic mass is 32.2. The highest BCUT2D eigenvalue weighted by Crippen LogP contribution is 2.41. The van der Waals surface area contributed by atoms with Gasteiger partial charge in [-0.3, -0.25) is 0 Å². The van der Waals surface area contributed by atoms with E-state index in [9.17, 15) is 12.8 Å². The molecule has 33 heavy (non-hydrogen) atoms. The van der Waals surface area contributed by atoms with Gasteiger partial charge < -0.3 is 24.8 Å². The number of nitrogens with one attached hydrogen (secondary N) is 2. The molecule has 2 aromatic carbocycles. The minimum Gasteiger partial charge on any atom is -0.493 e. The van der Waals surface area contributed by atoms with Gasteiger partial charge in [-0.1, -0.05) is 0 Å². The van der Waals surface area contributed by atoms with Gasteiger partial charge in [0, 0.05) is 23.5 Å².